The summed E-state index contributed by atoms with van der Waals surface area (Å²) in [6.07, 6.45) is -0.989. The standard InChI is InChI=1S/C25H28F4N4O2/c1-14-8-17(25(27,28)29)10-21(34)22(14)20-9-16-6-3-7-32(23(16)31-30-20)13-19-11-18(26)12-33(19)24(35)15-4-2-5-15/h8-10,15,18-19,34H,2-7,11-13H2,1H3/t18-,19+/m1/s1. The van der Waals surface area contributed by atoms with E-state index in [1.165, 1.54) is 6.92 Å². The molecule has 2 aromatic rings. The van der Waals surface area contributed by atoms with Crippen LogP contribution in [0.15, 0.2) is 18.2 Å². The Balaban J connectivity index is 1.39. The van der Waals surface area contributed by atoms with E-state index < -0.39 is 23.7 Å². The van der Waals surface area contributed by atoms with Crippen LogP contribution in [0, 0.1) is 12.8 Å². The van der Waals surface area contributed by atoms with Crippen molar-refractivity contribution in [2.45, 2.75) is 63.8 Å². The van der Waals surface area contributed by atoms with Gasteiger partial charge in [-0.05, 0) is 61.9 Å². The number of halogens is 4. The van der Waals surface area contributed by atoms with Crippen molar-refractivity contribution < 1.29 is 27.5 Å². The van der Waals surface area contributed by atoms with Crippen LogP contribution < -0.4 is 4.90 Å². The van der Waals surface area contributed by atoms with E-state index in [2.05, 4.69) is 10.2 Å². The Morgan fingerprint density at radius 1 is 1.17 bits per heavy atom. The number of hydrogen-bond donors (Lipinski definition) is 1. The number of fused-ring (bicyclic) bond motifs is 1. The zero-order valence-electron chi connectivity index (χ0n) is 19.5. The van der Waals surface area contributed by atoms with E-state index in [1.807, 2.05) is 4.90 Å². The van der Waals surface area contributed by atoms with E-state index in [-0.39, 0.29) is 35.5 Å². The van der Waals surface area contributed by atoms with E-state index in [0.29, 0.717) is 43.5 Å². The molecule has 6 nitrogen and oxygen atoms in total. The van der Waals surface area contributed by atoms with E-state index in [9.17, 15) is 27.5 Å². The molecule has 2 atom stereocenters. The number of rotatable bonds is 4. The number of amides is 1. The van der Waals surface area contributed by atoms with Crippen LogP contribution in [-0.4, -0.2) is 58.0 Å². The third-order valence-corrected chi connectivity index (χ3v) is 7.45. The minimum absolute atomic E-state index is 0.0124. The third-order valence-electron chi connectivity index (χ3n) is 7.45. The number of phenolic OH excluding ortho intramolecular Hbond substituents is 1. The van der Waals surface area contributed by atoms with Gasteiger partial charge in [-0.3, -0.25) is 4.79 Å². The van der Waals surface area contributed by atoms with Crippen molar-refractivity contribution >= 4 is 11.7 Å². The quantitative estimate of drug-likeness (QED) is 0.629. The van der Waals surface area contributed by atoms with Gasteiger partial charge in [-0.25, -0.2) is 4.39 Å². The maximum atomic E-state index is 14.3. The lowest BCUT2D eigenvalue weighted by Gasteiger charge is -2.37. The summed E-state index contributed by atoms with van der Waals surface area (Å²) in [5.74, 6) is 0.207. The molecule has 0 unspecified atom stereocenters. The highest BCUT2D eigenvalue weighted by Crippen LogP contribution is 2.40. The molecule has 1 N–H and O–H groups in total. The Morgan fingerprint density at radius 3 is 2.60 bits per heavy atom. The summed E-state index contributed by atoms with van der Waals surface area (Å²) in [4.78, 5) is 16.6. The number of carbonyl (C=O) groups is 1. The maximum Gasteiger partial charge on any atom is 0.416 e. The normalized spacial score (nSPS) is 22.8. The Kier molecular flexibility index (Phi) is 6.09. The van der Waals surface area contributed by atoms with Crippen LogP contribution in [0.2, 0.25) is 0 Å². The van der Waals surface area contributed by atoms with Gasteiger partial charge in [0.15, 0.2) is 5.82 Å². The molecular weight excluding hydrogens is 464 g/mol. The minimum Gasteiger partial charge on any atom is -0.507 e. The van der Waals surface area contributed by atoms with Gasteiger partial charge in [0.25, 0.3) is 0 Å². The number of carbonyl (C=O) groups excluding carboxylic acids is 1. The van der Waals surface area contributed by atoms with E-state index in [4.69, 9.17) is 0 Å². The van der Waals surface area contributed by atoms with Gasteiger partial charge >= 0.3 is 6.18 Å². The molecule has 1 saturated heterocycles. The molecule has 5 rings (SSSR count). The van der Waals surface area contributed by atoms with E-state index in [0.717, 1.165) is 37.3 Å². The largest absolute Gasteiger partial charge is 0.507 e. The lowest BCUT2D eigenvalue weighted by Crippen LogP contribution is -2.48. The number of alkyl halides is 4. The number of aromatic nitrogens is 2. The van der Waals surface area contributed by atoms with Crippen molar-refractivity contribution in [3.63, 3.8) is 0 Å². The molecule has 3 aliphatic rings. The van der Waals surface area contributed by atoms with Crippen molar-refractivity contribution in [1.29, 1.82) is 0 Å². The number of phenols is 1. The number of nitrogens with zero attached hydrogens (tertiary/aromatic N) is 4. The SMILES string of the molecule is Cc1cc(C(F)(F)F)cc(O)c1-c1cc2c(nn1)N(C[C@@H]1C[C@@H](F)CN1C(=O)C1CCC1)CCC2. The van der Waals surface area contributed by atoms with Crippen LogP contribution in [0.1, 0.15) is 48.8 Å². The summed E-state index contributed by atoms with van der Waals surface area (Å²) in [6, 6.07) is 3.22. The number of anilines is 1. The highest BCUT2D eigenvalue weighted by atomic mass is 19.4. The van der Waals surface area contributed by atoms with Crippen LogP contribution >= 0.6 is 0 Å². The van der Waals surface area contributed by atoms with Gasteiger partial charge in [-0.1, -0.05) is 6.42 Å². The predicted molar refractivity (Wildman–Crippen MR) is 122 cm³/mol. The first-order chi connectivity index (χ1) is 16.6. The number of aryl methyl sites for hydroxylation is 2. The molecule has 2 fully saturated rings. The Bertz CT molecular complexity index is 1110. The molecule has 0 radical (unpaired) electrons. The monoisotopic (exact) mass is 492 g/mol. The average Bonchev–Trinajstić information content (AvgIpc) is 3.11. The predicted octanol–water partition coefficient (Wildman–Crippen LogP) is 4.67. The summed E-state index contributed by atoms with van der Waals surface area (Å²) in [5, 5.41) is 19.0. The molecule has 10 heteroatoms. The molecule has 0 spiro atoms. The zero-order valence-corrected chi connectivity index (χ0v) is 19.5. The summed E-state index contributed by atoms with van der Waals surface area (Å²) in [5.41, 5.74) is 0.729. The van der Waals surface area contributed by atoms with Gasteiger partial charge < -0.3 is 14.9 Å². The molecule has 35 heavy (non-hydrogen) atoms. The molecule has 1 aliphatic carbocycles. The summed E-state index contributed by atoms with van der Waals surface area (Å²) in [7, 11) is 0. The topological polar surface area (TPSA) is 69.6 Å². The molecule has 1 aromatic heterocycles. The fourth-order valence-electron chi connectivity index (χ4n) is 5.45. The number of hydrogen-bond acceptors (Lipinski definition) is 5. The Labute approximate surface area is 200 Å². The molecule has 2 aliphatic heterocycles. The first-order valence-electron chi connectivity index (χ1n) is 12.1. The lowest BCUT2D eigenvalue weighted by atomic mass is 9.84. The average molecular weight is 493 g/mol. The summed E-state index contributed by atoms with van der Waals surface area (Å²) < 4.78 is 53.6. The zero-order chi connectivity index (χ0) is 24.9. The number of benzene rings is 1. The lowest BCUT2D eigenvalue weighted by molar-refractivity contribution is -0.139. The molecule has 1 amide bonds. The first-order valence-corrected chi connectivity index (χ1v) is 12.1. The first kappa shape index (κ1) is 23.8. The minimum atomic E-state index is -4.56. The van der Waals surface area contributed by atoms with Crippen LogP contribution in [0.25, 0.3) is 11.3 Å². The van der Waals surface area contributed by atoms with Crippen molar-refractivity contribution in [2.24, 2.45) is 5.92 Å². The highest BCUT2D eigenvalue weighted by molar-refractivity contribution is 5.80. The second kappa shape index (κ2) is 8.95. The fraction of sp³-hybridized carbons (Fsp3) is 0.560. The number of aromatic hydroxyl groups is 1. The summed E-state index contributed by atoms with van der Waals surface area (Å²) in [6.45, 7) is 2.80. The van der Waals surface area contributed by atoms with Gasteiger partial charge in [0.05, 0.1) is 23.8 Å². The molecule has 0 bridgehead atoms. The van der Waals surface area contributed by atoms with Crippen molar-refractivity contribution in [3.8, 4) is 17.0 Å². The van der Waals surface area contributed by atoms with Gasteiger partial charge in [-0.2, -0.15) is 13.2 Å². The molecular formula is C25H28F4N4O2. The molecule has 188 valence electrons. The third kappa shape index (κ3) is 4.54. The molecule has 3 heterocycles. The van der Waals surface area contributed by atoms with Crippen LogP contribution in [0.4, 0.5) is 23.4 Å². The molecule has 1 aromatic carbocycles. The highest BCUT2D eigenvalue weighted by Gasteiger charge is 2.41. The Hall–Kier alpha value is -2.91. The Morgan fingerprint density at radius 2 is 1.94 bits per heavy atom. The van der Waals surface area contributed by atoms with Gasteiger partial charge in [0.1, 0.15) is 11.9 Å². The second-order valence-electron chi connectivity index (χ2n) is 9.92. The number of likely N-dealkylation sites (tertiary alicyclic amines) is 1. The van der Waals surface area contributed by atoms with Crippen LogP contribution in [0.3, 0.4) is 0 Å². The van der Waals surface area contributed by atoms with Crippen molar-refractivity contribution in [1.82, 2.24) is 15.1 Å². The van der Waals surface area contributed by atoms with Gasteiger partial charge in [0, 0.05) is 31.0 Å². The maximum absolute atomic E-state index is 14.3. The smallest absolute Gasteiger partial charge is 0.416 e. The second-order valence-corrected chi connectivity index (χ2v) is 9.92. The van der Waals surface area contributed by atoms with Crippen LogP contribution in [-0.2, 0) is 17.4 Å². The van der Waals surface area contributed by atoms with E-state index in [1.54, 1.807) is 11.0 Å². The molecule has 1 saturated carbocycles. The van der Waals surface area contributed by atoms with E-state index >= 15 is 0 Å². The van der Waals surface area contributed by atoms with Gasteiger partial charge in [-0.15, -0.1) is 10.2 Å². The van der Waals surface area contributed by atoms with Gasteiger partial charge in [0.2, 0.25) is 5.91 Å². The fourth-order valence-corrected chi connectivity index (χ4v) is 5.45. The van der Waals surface area contributed by atoms with Crippen LogP contribution in [0.5, 0.6) is 5.75 Å². The summed E-state index contributed by atoms with van der Waals surface area (Å²) >= 11 is 0. The van der Waals surface area contributed by atoms with Crippen molar-refractivity contribution in [2.75, 3.05) is 24.5 Å². The van der Waals surface area contributed by atoms with Crippen molar-refractivity contribution in [3.05, 3.63) is 34.9 Å².